The summed E-state index contributed by atoms with van der Waals surface area (Å²) >= 11 is 0. The van der Waals surface area contributed by atoms with Crippen LogP contribution >= 0.6 is 0 Å². The lowest BCUT2D eigenvalue weighted by Crippen LogP contribution is -2.25. The molecule has 82 valence electrons. The van der Waals surface area contributed by atoms with Gasteiger partial charge in [-0.1, -0.05) is 12.2 Å². The Kier molecular flexibility index (Phi) is 3.59. The van der Waals surface area contributed by atoms with Gasteiger partial charge in [-0.15, -0.1) is 0 Å². The molecular weight excluding hydrogens is 190 g/mol. The highest BCUT2D eigenvalue weighted by Crippen LogP contribution is 2.12. The Morgan fingerprint density at radius 1 is 1.33 bits per heavy atom. The van der Waals surface area contributed by atoms with E-state index in [-0.39, 0.29) is 0 Å². The highest BCUT2D eigenvalue weighted by molar-refractivity contribution is 5.07. The molecule has 1 N–H and O–H groups in total. The summed E-state index contributed by atoms with van der Waals surface area (Å²) in [6, 6.07) is 4.55. The molecule has 0 aromatic carbocycles. The van der Waals surface area contributed by atoms with Crippen molar-refractivity contribution in [2.75, 3.05) is 7.11 Å². The zero-order valence-corrected chi connectivity index (χ0v) is 9.03. The Morgan fingerprint density at radius 2 is 2.07 bits per heavy atom. The molecule has 2 rings (SSSR count). The van der Waals surface area contributed by atoms with Crippen molar-refractivity contribution in [3.05, 3.63) is 35.8 Å². The van der Waals surface area contributed by atoms with Crippen molar-refractivity contribution in [2.24, 2.45) is 0 Å². The molecule has 0 saturated carbocycles. The van der Waals surface area contributed by atoms with E-state index in [4.69, 9.17) is 9.15 Å². The summed E-state index contributed by atoms with van der Waals surface area (Å²) in [5.74, 6) is 1.87. The summed E-state index contributed by atoms with van der Waals surface area (Å²) in [6.45, 7) is 1.35. The van der Waals surface area contributed by atoms with E-state index in [1.54, 1.807) is 7.11 Å². The first-order chi connectivity index (χ1) is 7.38. The fraction of sp³-hybridized carbons (Fsp3) is 0.500. The molecule has 1 aromatic rings. The van der Waals surface area contributed by atoms with Crippen molar-refractivity contribution in [3.63, 3.8) is 0 Å². The molecule has 3 heteroatoms. The summed E-state index contributed by atoms with van der Waals surface area (Å²) in [6.07, 6.45) is 6.70. The lowest BCUT2D eigenvalue weighted by atomic mass is 10.2. The van der Waals surface area contributed by atoms with E-state index in [1.807, 2.05) is 12.1 Å². The fourth-order valence-corrected chi connectivity index (χ4v) is 1.77. The summed E-state index contributed by atoms with van der Waals surface area (Å²) < 4.78 is 10.6. The Hall–Kier alpha value is -1.06. The zero-order valence-electron chi connectivity index (χ0n) is 9.03. The third-order valence-electron chi connectivity index (χ3n) is 2.58. The number of hydrogen-bond donors (Lipinski definition) is 1. The van der Waals surface area contributed by atoms with E-state index in [9.17, 15) is 0 Å². The average molecular weight is 207 g/mol. The molecule has 1 aliphatic rings. The molecule has 0 radical (unpaired) electrons. The summed E-state index contributed by atoms with van der Waals surface area (Å²) in [5.41, 5.74) is 0. The van der Waals surface area contributed by atoms with Crippen LogP contribution in [-0.4, -0.2) is 13.2 Å². The summed E-state index contributed by atoms with van der Waals surface area (Å²) in [7, 11) is 1.67. The van der Waals surface area contributed by atoms with Gasteiger partial charge in [0.25, 0.3) is 0 Å². The van der Waals surface area contributed by atoms with Crippen LogP contribution in [0.4, 0.5) is 0 Å². The van der Waals surface area contributed by atoms with Gasteiger partial charge in [0.15, 0.2) is 0 Å². The van der Waals surface area contributed by atoms with Gasteiger partial charge in [-0.05, 0) is 25.0 Å². The number of methoxy groups -OCH3 is 1. The van der Waals surface area contributed by atoms with E-state index in [0.717, 1.165) is 30.9 Å². The number of ether oxygens (including phenoxy) is 1. The van der Waals surface area contributed by atoms with Crippen molar-refractivity contribution in [3.8, 4) is 0 Å². The van der Waals surface area contributed by atoms with Gasteiger partial charge in [-0.25, -0.2) is 0 Å². The molecule has 1 aromatic heterocycles. The first kappa shape index (κ1) is 10.5. The van der Waals surface area contributed by atoms with Crippen molar-refractivity contribution in [1.82, 2.24) is 5.32 Å². The standard InChI is InChI=1S/C12H17NO2/c1-14-9-12-7-6-11(15-12)8-13-10-4-2-3-5-10/h2-3,6-7,10,13H,4-5,8-9H2,1H3. The van der Waals surface area contributed by atoms with E-state index >= 15 is 0 Å². The lowest BCUT2D eigenvalue weighted by Gasteiger charge is -2.09. The third-order valence-corrected chi connectivity index (χ3v) is 2.58. The van der Waals surface area contributed by atoms with Gasteiger partial charge in [0, 0.05) is 13.2 Å². The number of rotatable bonds is 5. The quantitative estimate of drug-likeness (QED) is 0.752. The van der Waals surface area contributed by atoms with Crippen LogP contribution in [0.25, 0.3) is 0 Å². The minimum absolute atomic E-state index is 0.547. The topological polar surface area (TPSA) is 34.4 Å². The minimum Gasteiger partial charge on any atom is -0.462 e. The summed E-state index contributed by atoms with van der Waals surface area (Å²) in [4.78, 5) is 0. The van der Waals surface area contributed by atoms with E-state index in [1.165, 1.54) is 0 Å². The van der Waals surface area contributed by atoms with Gasteiger partial charge in [0.2, 0.25) is 0 Å². The van der Waals surface area contributed by atoms with Gasteiger partial charge in [-0.3, -0.25) is 0 Å². The minimum atomic E-state index is 0.547. The molecule has 15 heavy (non-hydrogen) atoms. The Bertz CT molecular complexity index is 322. The molecule has 3 nitrogen and oxygen atoms in total. The van der Waals surface area contributed by atoms with Crippen LogP contribution < -0.4 is 5.32 Å². The molecule has 0 aliphatic heterocycles. The van der Waals surface area contributed by atoms with Crippen molar-refractivity contribution in [1.29, 1.82) is 0 Å². The smallest absolute Gasteiger partial charge is 0.129 e. The maximum Gasteiger partial charge on any atom is 0.129 e. The fourth-order valence-electron chi connectivity index (χ4n) is 1.77. The van der Waals surface area contributed by atoms with E-state index in [0.29, 0.717) is 12.6 Å². The van der Waals surface area contributed by atoms with Crippen molar-refractivity contribution < 1.29 is 9.15 Å². The molecule has 1 aliphatic carbocycles. The molecule has 0 saturated heterocycles. The SMILES string of the molecule is COCc1ccc(CNC2CC=CC2)o1. The average Bonchev–Trinajstić information content (AvgIpc) is 2.85. The number of hydrogen-bond acceptors (Lipinski definition) is 3. The molecule has 0 amide bonds. The van der Waals surface area contributed by atoms with E-state index < -0.39 is 0 Å². The largest absolute Gasteiger partial charge is 0.462 e. The number of furan rings is 1. The highest BCUT2D eigenvalue weighted by atomic mass is 16.5. The lowest BCUT2D eigenvalue weighted by molar-refractivity contribution is 0.162. The second kappa shape index (κ2) is 5.14. The van der Waals surface area contributed by atoms with Crippen LogP contribution in [0.2, 0.25) is 0 Å². The number of nitrogens with one attached hydrogen (secondary N) is 1. The predicted octanol–water partition coefficient (Wildman–Crippen LogP) is 2.23. The van der Waals surface area contributed by atoms with Gasteiger partial charge < -0.3 is 14.5 Å². The molecule has 0 unspecified atom stereocenters. The molecule has 1 heterocycles. The Morgan fingerprint density at radius 3 is 2.80 bits per heavy atom. The van der Waals surface area contributed by atoms with Gasteiger partial charge in [0.05, 0.1) is 6.54 Å². The van der Waals surface area contributed by atoms with Gasteiger partial charge >= 0.3 is 0 Å². The molecule has 0 spiro atoms. The van der Waals surface area contributed by atoms with Crippen LogP contribution in [-0.2, 0) is 17.9 Å². The first-order valence-electron chi connectivity index (χ1n) is 5.33. The van der Waals surface area contributed by atoms with Crippen LogP contribution in [0.3, 0.4) is 0 Å². The van der Waals surface area contributed by atoms with Gasteiger partial charge in [-0.2, -0.15) is 0 Å². The highest BCUT2D eigenvalue weighted by Gasteiger charge is 2.10. The molecule has 0 bridgehead atoms. The van der Waals surface area contributed by atoms with Gasteiger partial charge in [0.1, 0.15) is 18.1 Å². The third kappa shape index (κ3) is 2.94. The Balaban J connectivity index is 1.77. The summed E-state index contributed by atoms with van der Waals surface area (Å²) in [5, 5.41) is 3.46. The van der Waals surface area contributed by atoms with E-state index in [2.05, 4.69) is 17.5 Å². The maximum absolute atomic E-state index is 5.58. The predicted molar refractivity (Wildman–Crippen MR) is 58.4 cm³/mol. The van der Waals surface area contributed by atoms with Crippen LogP contribution in [0.15, 0.2) is 28.7 Å². The zero-order chi connectivity index (χ0) is 10.5. The normalized spacial score (nSPS) is 16.3. The van der Waals surface area contributed by atoms with Crippen LogP contribution in [0.1, 0.15) is 24.4 Å². The second-order valence-electron chi connectivity index (χ2n) is 3.82. The van der Waals surface area contributed by atoms with Crippen LogP contribution in [0.5, 0.6) is 0 Å². The molecule has 0 fully saturated rings. The second-order valence-corrected chi connectivity index (χ2v) is 3.82. The maximum atomic E-state index is 5.58. The van der Waals surface area contributed by atoms with Crippen molar-refractivity contribution >= 4 is 0 Å². The molecular formula is C12H17NO2. The van der Waals surface area contributed by atoms with Crippen LogP contribution in [0, 0.1) is 0 Å². The Labute approximate surface area is 90.1 Å². The molecule has 0 atom stereocenters. The first-order valence-corrected chi connectivity index (χ1v) is 5.33. The van der Waals surface area contributed by atoms with Crippen molar-refractivity contribution in [2.45, 2.75) is 32.0 Å². The monoisotopic (exact) mass is 207 g/mol.